The lowest BCUT2D eigenvalue weighted by molar-refractivity contribution is 0.0524. The number of hydrogen-bond donors (Lipinski definition) is 1. The Kier molecular flexibility index (Phi) is 5.30. The molecule has 0 atom stereocenters. The number of esters is 1. The Labute approximate surface area is 114 Å². The van der Waals surface area contributed by atoms with Gasteiger partial charge < -0.3 is 14.7 Å². The van der Waals surface area contributed by atoms with E-state index in [1.54, 1.807) is 39.1 Å². The summed E-state index contributed by atoms with van der Waals surface area (Å²) in [7, 11) is 0. The second kappa shape index (κ2) is 6.52. The number of carbonyl (C=O) groups is 1. The Hall–Kier alpha value is -1.62. The normalized spacial score (nSPS) is 11.2. The van der Waals surface area contributed by atoms with Gasteiger partial charge in [0, 0.05) is 19.3 Å². The average Bonchev–Trinajstić information content (AvgIpc) is 2.35. The quantitative estimate of drug-likeness (QED) is 0.796. The summed E-state index contributed by atoms with van der Waals surface area (Å²) in [6.07, 6.45) is 1.63. The zero-order valence-corrected chi connectivity index (χ0v) is 12.0. The molecule has 1 aromatic heterocycles. The third-order valence-electron chi connectivity index (χ3n) is 2.54. The molecule has 0 radical (unpaired) electrons. The van der Waals surface area contributed by atoms with Gasteiger partial charge in [-0.05, 0) is 39.8 Å². The number of rotatable bonds is 6. The van der Waals surface area contributed by atoms with Crippen molar-refractivity contribution in [2.75, 3.05) is 24.6 Å². The zero-order valence-electron chi connectivity index (χ0n) is 12.0. The first-order valence-electron chi connectivity index (χ1n) is 6.48. The second-order valence-electron chi connectivity index (χ2n) is 4.92. The molecule has 0 saturated heterocycles. The highest BCUT2D eigenvalue weighted by Gasteiger charge is 2.23. The molecule has 0 spiro atoms. The van der Waals surface area contributed by atoms with Crippen LogP contribution in [-0.4, -0.2) is 41.4 Å². The molecule has 0 aliphatic heterocycles. The molecule has 5 nitrogen and oxygen atoms in total. The van der Waals surface area contributed by atoms with Crippen molar-refractivity contribution in [1.29, 1.82) is 0 Å². The molecule has 19 heavy (non-hydrogen) atoms. The lowest BCUT2D eigenvalue weighted by atomic mass is 10.1. The van der Waals surface area contributed by atoms with Crippen molar-refractivity contribution in [3.8, 4) is 0 Å². The first-order chi connectivity index (χ1) is 8.89. The van der Waals surface area contributed by atoms with E-state index in [2.05, 4.69) is 4.98 Å². The standard InChI is InChI=1S/C14H22N2O3/c1-5-16(10-14(3,4)18)12-11(8-7-9-15-12)13(17)19-6-2/h7-9,18H,5-6,10H2,1-4H3. The number of anilines is 1. The highest BCUT2D eigenvalue weighted by Crippen LogP contribution is 2.20. The van der Waals surface area contributed by atoms with E-state index in [-0.39, 0.29) is 5.97 Å². The topological polar surface area (TPSA) is 62.7 Å². The van der Waals surface area contributed by atoms with Crippen LogP contribution in [0.25, 0.3) is 0 Å². The van der Waals surface area contributed by atoms with Gasteiger partial charge >= 0.3 is 5.97 Å². The molecule has 1 N–H and O–H groups in total. The van der Waals surface area contributed by atoms with Crippen LogP contribution in [0.3, 0.4) is 0 Å². The molecule has 1 rings (SSSR count). The van der Waals surface area contributed by atoms with Crippen molar-refractivity contribution in [1.82, 2.24) is 4.98 Å². The molecular formula is C14H22N2O3. The molecule has 0 fully saturated rings. The molecule has 0 aliphatic rings. The fraction of sp³-hybridized carbons (Fsp3) is 0.571. The SMILES string of the molecule is CCOC(=O)c1cccnc1N(CC)CC(C)(C)O. The minimum atomic E-state index is -0.862. The van der Waals surface area contributed by atoms with Crippen molar-refractivity contribution >= 4 is 11.8 Å². The Morgan fingerprint density at radius 3 is 2.68 bits per heavy atom. The molecular weight excluding hydrogens is 244 g/mol. The van der Waals surface area contributed by atoms with Crippen molar-refractivity contribution in [3.63, 3.8) is 0 Å². The van der Waals surface area contributed by atoms with Crippen molar-refractivity contribution in [2.45, 2.75) is 33.3 Å². The summed E-state index contributed by atoms with van der Waals surface area (Å²) < 4.78 is 5.03. The number of pyridine rings is 1. The molecule has 0 unspecified atom stereocenters. The van der Waals surface area contributed by atoms with Gasteiger partial charge in [-0.3, -0.25) is 0 Å². The van der Waals surface area contributed by atoms with Crippen LogP contribution in [0.4, 0.5) is 5.82 Å². The molecule has 0 aliphatic carbocycles. The smallest absolute Gasteiger partial charge is 0.341 e. The summed E-state index contributed by atoms with van der Waals surface area (Å²) in [4.78, 5) is 18.0. The van der Waals surface area contributed by atoms with E-state index >= 15 is 0 Å². The van der Waals surface area contributed by atoms with Gasteiger partial charge in [-0.2, -0.15) is 0 Å². The van der Waals surface area contributed by atoms with E-state index in [0.717, 1.165) is 0 Å². The van der Waals surface area contributed by atoms with E-state index in [1.807, 2.05) is 11.8 Å². The summed E-state index contributed by atoms with van der Waals surface area (Å²) in [5.41, 5.74) is -0.435. The molecule has 0 aromatic carbocycles. The molecule has 1 aromatic rings. The number of hydrogen-bond acceptors (Lipinski definition) is 5. The lowest BCUT2D eigenvalue weighted by Crippen LogP contribution is -2.39. The Morgan fingerprint density at radius 2 is 2.16 bits per heavy atom. The number of likely N-dealkylation sites (N-methyl/N-ethyl adjacent to an activating group) is 1. The fourth-order valence-electron chi connectivity index (χ4n) is 1.82. The summed E-state index contributed by atoms with van der Waals surface area (Å²) in [6, 6.07) is 3.39. The molecule has 106 valence electrons. The largest absolute Gasteiger partial charge is 0.462 e. The molecule has 0 bridgehead atoms. The highest BCUT2D eigenvalue weighted by molar-refractivity contribution is 5.94. The average molecular weight is 266 g/mol. The Balaban J connectivity index is 3.06. The number of aliphatic hydroxyl groups is 1. The van der Waals surface area contributed by atoms with Gasteiger partial charge in [0.2, 0.25) is 0 Å². The summed E-state index contributed by atoms with van der Waals surface area (Å²) >= 11 is 0. The Morgan fingerprint density at radius 1 is 1.47 bits per heavy atom. The summed E-state index contributed by atoms with van der Waals surface area (Å²) in [5.74, 6) is 0.158. The monoisotopic (exact) mass is 266 g/mol. The first-order valence-corrected chi connectivity index (χ1v) is 6.48. The maximum atomic E-state index is 11.9. The maximum absolute atomic E-state index is 11.9. The fourth-order valence-corrected chi connectivity index (χ4v) is 1.82. The van der Waals surface area contributed by atoms with E-state index < -0.39 is 5.60 Å². The number of aromatic nitrogens is 1. The number of nitrogens with zero attached hydrogens (tertiary/aromatic N) is 2. The van der Waals surface area contributed by atoms with Crippen LogP contribution < -0.4 is 4.90 Å². The van der Waals surface area contributed by atoms with Gasteiger partial charge in [0.1, 0.15) is 11.4 Å². The maximum Gasteiger partial charge on any atom is 0.341 e. The van der Waals surface area contributed by atoms with Crippen molar-refractivity contribution in [2.24, 2.45) is 0 Å². The minimum absolute atomic E-state index is 0.324. The van der Waals surface area contributed by atoms with Gasteiger partial charge in [0.25, 0.3) is 0 Å². The van der Waals surface area contributed by atoms with Gasteiger partial charge in [0.15, 0.2) is 0 Å². The lowest BCUT2D eigenvalue weighted by Gasteiger charge is -2.29. The molecule has 0 amide bonds. The van der Waals surface area contributed by atoms with Crippen LogP contribution >= 0.6 is 0 Å². The van der Waals surface area contributed by atoms with Crippen molar-refractivity contribution in [3.05, 3.63) is 23.9 Å². The van der Waals surface area contributed by atoms with Crippen LogP contribution in [0.5, 0.6) is 0 Å². The molecule has 1 heterocycles. The van der Waals surface area contributed by atoms with Gasteiger partial charge in [-0.25, -0.2) is 9.78 Å². The van der Waals surface area contributed by atoms with E-state index in [9.17, 15) is 9.90 Å². The van der Waals surface area contributed by atoms with Crippen LogP contribution in [0.15, 0.2) is 18.3 Å². The highest BCUT2D eigenvalue weighted by atomic mass is 16.5. The van der Waals surface area contributed by atoms with Crippen molar-refractivity contribution < 1.29 is 14.6 Å². The van der Waals surface area contributed by atoms with Gasteiger partial charge in [0.05, 0.1) is 12.2 Å². The molecule has 5 heteroatoms. The van der Waals surface area contributed by atoms with Crippen LogP contribution in [-0.2, 0) is 4.74 Å². The van der Waals surface area contributed by atoms with E-state index in [0.29, 0.717) is 31.1 Å². The first kappa shape index (κ1) is 15.4. The molecule has 0 saturated carbocycles. The number of ether oxygens (including phenoxy) is 1. The predicted molar refractivity (Wildman–Crippen MR) is 74.4 cm³/mol. The summed E-state index contributed by atoms with van der Waals surface area (Å²) in [6.45, 7) is 8.54. The van der Waals surface area contributed by atoms with Gasteiger partial charge in [-0.1, -0.05) is 0 Å². The second-order valence-corrected chi connectivity index (χ2v) is 4.92. The third kappa shape index (κ3) is 4.52. The minimum Gasteiger partial charge on any atom is -0.462 e. The van der Waals surface area contributed by atoms with E-state index in [1.165, 1.54) is 0 Å². The van der Waals surface area contributed by atoms with Crippen LogP contribution in [0.1, 0.15) is 38.1 Å². The van der Waals surface area contributed by atoms with Crippen LogP contribution in [0.2, 0.25) is 0 Å². The summed E-state index contributed by atoms with van der Waals surface area (Å²) in [5, 5.41) is 9.93. The number of carbonyl (C=O) groups excluding carboxylic acids is 1. The predicted octanol–water partition coefficient (Wildman–Crippen LogP) is 1.86. The van der Waals surface area contributed by atoms with Gasteiger partial charge in [-0.15, -0.1) is 0 Å². The zero-order chi connectivity index (χ0) is 14.5. The van der Waals surface area contributed by atoms with E-state index in [4.69, 9.17) is 4.74 Å². The third-order valence-corrected chi connectivity index (χ3v) is 2.54. The van der Waals surface area contributed by atoms with Crippen LogP contribution in [0, 0.1) is 0 Å². The Bertz CT molecular complexity index is 427.